The number of carbonyl (C=O) groups excluding carboxylic acids is 1. The normalized spacial score (nSPS) is 16.7. The molecule has 0 aromatic heterocycles. The second-order valence-electron chi connectivity index (χ2n) is 3.22. The predicted octanol–water partition coefficient (Wildman–Crippen LogP) is 3.03. The summed E-state index contributed by atoms with van der Waals surface area (Å²) in [6.45, 7) is 0.452. The van der Waals surface area contributed by atoms with Gasteiger partial charge in [-0.1, -0.05) is 23.8 Å². The van der Waals surface area contributed by atoms with E-state index in [2.05, 4.69) is 0 Å². The minimum Gasteiger partial charge on any atom is -0.488 e. The summed E-state index contributed by atoms with van der Waals surface area (Å²) in [5, 5.41) is 0. The van der Waals surface area contributed by atoms with Gasteiger partial charge >= 0.3 is 0 Å². The summed E-state index contributed by atoms with van der Waals surface area (Å²) in [5.41, 5.74) is 3.93. The van der Waals surface area contributed by atoms with Gasteiger partial charge in [-0.2, -0.15) is 0 Å². The third kappa shape index (κ3) is 2.10. The third-order valence-electron chi connectivity index (χ3n) is 2.18. The minimum atomic E-state index is 0.452. The Kier molecular flexibility index (Phi) is 2.88. The monoisotopic (exact) mass is 220 g/mol. The van der Waals surface area contributed by atoms with Gasteiger partial charge in [0.25, 0.3) is 0 Å². The molecule has 0 unspecified atom stereocenters. The highest BCUT2D eigenvalue weighted by molar-refractivity contribution is 6.25. The quantitative estimate of drug-likeness (QED) is 0.680. The highest BCUT2D eigenvalue weighted by atomic mass is 35.5. The first kappa shape index (κ1) is 9.99. The average molecular weight is 221 g/mol. The van der Waals surface area contributed by atoms with Crippen LogP contribution in [0, 0.1) is 0 Å². The van der Waals surface area contributed by atoms with Crippen molar-refractivity contribution in [3.63, 3.8) is 0 Å². The number of ether oxygens (including phenoxy) is 1. The lowest BCUT2D eigenvalue weighted by Crippen LogP contribution is -1.98. The lowest BCUT2D eigenvalue weighted by Gasteiger charge is -2.06. The van der Waals surface area contributed by atoms with Crippen molar-refractivity contribution in [3.8, 4) is 5.75 Å². The molecule has 1 aliphatic heterocycles. The standard InChI is InChI=1S/C12H9ClO2/c13-6-10-1-3-11-5-9(7-14)2-4-12(11)15-8-10/h1-7H,8H2/b10-6+. The van der Waals surface area contributed by atoms with E-state index >= 15 is 0 Å². The Morgan fingerprint density at radius 2 is 2.20 bits per heavy atom. The molecule has 0 fully saturated rings. The maximum absolute atomic E-state index is 10.6. The molecule has 2 rings (SSSR count). The number of hydrogen-bond acceptors (Lipinski definition) is 2. The van der Waals surface area contributed by atoms with Gasteiger partial charge in [-0.25, -0.2) is 0 Å². The van der Waals surface area contributed by atoms with Crippen LogP contribution in [0.15, 0.2) is 35.4 Å². The van der Waals surface area contributed by atoms with E-state index in [1.165, 1.54) is 5.54 Å². The van der Waals surface area contributed by atoms with Crippen molar-refractivity contribution < 1.29 is 9.53 Å². The minimum absolute atomic E-state index is 0.452. The summed E-state index contributed by atoms with van der Waals surface area (Å²) < 4.78 is 5.52. The first-order valence-corrected chi connectivity index (χ1v) is 4.96. The van der Waals surface area contributed by atoms with Crippen LogP contribution in [0.4, 0.5) is 0 Å². The highest BCUT2D eigenvalue weighted by Gasteiger charge is 2.07. The molecule has 0 saturated heterocycles. The molecule has 3 heteroatoms. The highest BCUT2D eigenvalue weighted by Crippen LogP contribution is 2.25. The lowest BCUT2D eigenvalue weighted by molar-refractivity contribution is 0.112. The molecule has 0 atom stereocenters. The molecule has 0 saturated carbocycles. The van der Waals surface area contributed by atoms with Crippen molar-refractivity contribution in [1.29, 1.82) is 0 Å². The fourth-order valence-corrected chi connectivity index (χ4v) is 1.51. The second-order valence-corrected chi connectivity index (χ2v) is 3.44. The van der Waals surface area contributed by atoms with E-state index in [-0.39, 0.29) is 0 Å². The summed E-state index contributed by atoms with van der Waals surface area (Å²) in [6, 6.07) is 5.31. The average Bonchev–Trinajstić information content (AvgIpc) is 2.50. The Morgan fingerprint density at radius 3 is 2.93 bits per heavy atom. The Morgan fingerprint density at radius 1 is 1.33 bits per heavy atom. The molecule has 1 heterocycles. The zero-order valence-corrected chi connectivity index (χ0v) is 8.70. The molecule has 0 aliphatic carbocycles. The Bertz CT molecular complexity index is 447. The van der Waals surface area contributed by atoms with Gasteiger partial charge in [0.05, 0.1) is 0 Å². The molecule has 1 aliphatic rings. The van der Waals surface area contributed by atoms with Gasteiger partial charge < -0.3 is 4.74 Å². The van der Waals surface area contributed by atoms with Crippen LogP contribution in [0.3, 0.4) is 0 Å². The molecule has 1 aromatic carbocycles. The molecule has 0 bridgehead atoms. The SMILES string of the molecule is O=Cc1ccc2c(c1)C=C/C(=C\Cl)CO2. The number of fused-ring (bicyclic) bond motifs is 1. The van der Waals surface area contributed by atoms with Crippen molar-refractivity contribution in [1.82, 2.24) is 0 Å². The number of halogens is 1. The Hall–Kier alpha value is -1.54. The summed E-state index contributed by atoms with van der Waals surface area (Å²) >= 11 is 5.60. The first-order valence-electron chi connectivity index (χ1n) is 4.53. The fourth-order valence-electron chi connectivity index (χ4n) is 1.38. The maximum atomic E-state index is 10.6. The van der Waals surface area contributed by atoms with E-state index < -0.39 is 0 Å². The fraction of sp³-hybridized carbons (Fsp3) is 0.0833. The van der Waals surface area contributed by atoms with Gasteiger partial charge in [-0.15, -0.1) is 0 Å². The van der Waals surface area contributed by atoms with Gasteiger partial charge in [0.1, 0.15) is 18.6 Å². The van der Waals surface area contributed by atoms with E-state index in [0.29, 0.717) is 12.2 Å². The first-order chi connectivity index (χ1) is 7.33. The lowest BCUT2D eigenvalue weighted by atomic mass is 10.1. The van der Waals surface area contributed by atoms with Crippen molar-refractivity contribution in [2.75, 3.05) is 6.61 Å². The molecule has 15 heavy (non-hydrogen) atoms. The number of carbonyl (C=O) groups is 1. The predicted molar refractivity (Wildman–Crippen MR) is 60.3 cm³/mol. The third-order valence-corrected chi connectivity index (χ3v) is 2.46. The van der Waals surface area contributed by atoms with Crippen LogP contribution in [-0.2, 0) is 0 Å². The summed E-state index contributed by atoms with van der Waals surface area (Å²) in [4.78, 5) is 10.6. The molecule has 0 amide bonds. The van der Waals surface area contributed by atoms with Crippen molar-refractivity contribution >= 4 is 24.0 Å². The molecule has 1 aromatic rings. The topological polar surface area (TPSA) is 26.3 Å². The van der Waals surface area contributed by atoms with Crippen LogP contribution in [0.25, 0.3) is 6.08 Å². The number of hydrogen-bond donors (Lipinski definition) is 0. The summed E-state index contributed by atoms with van der Waals surface area (Å²) in [7, 11) is 0. The molecule has 0 spiro atoms. The maximum Gasteiger partial charge on any atom is 0.150 e. The molecule has 76 valence electrons. The Labute approximate surface area is 92.8 Å². The van der Waals surface area contributed by atoms with Gasteiger partial charge in [0, 0.05) is 22.2 Å². The second kappa shape index (κ2) is 4.32. The van der Waals surface area contributed by atoms with E-state index in [0.717, 1.165) is 23.2 Å². The number of aldehydes is 1. The van der Waals surface area contributed by atoms with Crippen molar-refractivity contribution in [2.45, 2.75) is 0 Å². The van der Waals surface area contributed by atoms with Crippen LogP contribution in [0.5, 0.6) is 5.75 Å². The van der Waals surface area contributed by atoms with Crippen molar-refractivity contribution in [2.24, 2.45) is 0 Å². The number of benzene rings is 1. The molecular formula is C12H9ClO2. The van der Waals surface area contributed by atoms with Crippen LogP contribution < -0.4 is 4.74 Å². The molecular weight excluding hydrogens is 212 g/mol. The molecule has 2 nitrogen and oxygen atoms in total. The van der Waals surface area contributed by atoms with Crippen LogP contribution in [0.2, 0.25) is 0 Å². The van der Waals surface area contributed by atoms with Gasteiger partial charge in [0.2, 0.25) is 0 Å². The van der Waals surface area contributed by atoms with Gasteiger partial charge in [-0.3, -0.25) is 4.79 Å². The van der Waals surface area contributed by atoms with E-state index in [4.69, 9.17) is 16.3 Å². The van der Waals surface area contributed by atoms with E-state index in [1.54, 1.807) is 18.2 Å². The molecule has 0 radical (unpaired) electrons. The Balaban J connectivity index is 2.42. The van der Waals surface area contributed by atoms with Crippen molar-refractivity contribution in [3.05, 3.63) is 46.5 Å². The summed E-state index contributed by atoms with van der Waals surface area (Å²) in [5.74, 6) is 0.769. The zero-order chi connectivity index (χ0) is 10.7. The smallest absolute Gasteiger partial charge is 0.150 e. The van der Waals surface area contributed by atoms with Gasteiger partial charge in [0.15, 0.2) is 0 Å². The van der Waals surface area contributed by atoms with E-state index in [9.17, 15) is 4.79 Å². The van der Waals surface area contributed by atoms with Crippen LogP contribution >= 0.6 is 11.6 Å². The van der Waals surface area contributed by atoms with Crippen LogP contribution in [-0.4, -0.2) is 12.9 Å². The van der Waals surface area contributed by atoms with E-state index in [1.807, 2.05) is 12.2 Å². The summed E-state index contributed by atoms with van der Waals surface area (Å²) in [6.07, 6.45) is 4.59. The van der Waals surface area contributed by atoms with Gasteiger partial charge in [-0.05, 0) is 18.2 Å². The number of rotatable bonds is 1. The molecule has 0 N–H and O–H groups in total. The van der Waals surface area contributed by atoms with Crippen LogP contribution in [0.1, 0.15) is 15.9 Å². The zero-order valence-electron chi connectivity index (χ0n) is 7.94. The largest absolute Gasteiger partial charge is 0.488 e.